The average Bonchev–Trinajstić information content (AvgIpc) is 2.90. The summed E-state index contributed by atoms with van der Waals surface area (Å²) in [5, 5.41) is 17.3. The molecule has 5 nitrogen and oxygen atoms in total. The summed E-state index contributed by atoms with van der Waals surface area (Å²) in [7, 11) is 0. The first-order valence-corrected chi connectivity index (χ1v) is 6.96. The number of nitrogens with one attached hydrogen (secondary N) is 1. The minimum absolute atomic E-state index is 0.0170. The summed E-state index contributed by atoms with van der Waals surface area (Å²) >= 11 is 0. The molecular formula is C15H13F3N3O2-. The molecule has 0 saturated carbocycles. The van der Waals surface area contributed by atoms with Gasteiger partial charge in [-0.1, -0.05) is 29.8 Å². The number of carboxylic acids is 1. The van der Waals surface area contributed by atoms with E-state index in [-0.39, 0.29) is 12.2 Å². The molecule has 0 bridgehead atoms. The van der Waals surface area contributed by atoms with Crippen molar-refractivity contribution < 1.29 is 23.1 Å². The minimum atomic E-state index is -4.53. The number of rotatable bonds is 2. The minimum Gasteiger partial charge on any atom is -0.543 e. The molecule has 0 radical (unpaired) electrons. The van der Waals surface area contributed by atoms with E-state index >= 15 is 0 Å². The molecule has 0 spiro atoms. The average molecular weight is 324 g/mol. The first kappa shape index (κ1) is 15.4. The number of aromatic nitrogens is 2. The number of carbonyl (C=O) groups is 1. The second-order valence-corrected chi connectivity index (χ2v) is 5.55. The molecule has 0 aliphatic carbocycles. The Morgan fingerprint density at radius 2 is 2.00 bits per heavy atom. The number of aromatic carboxylic acids is 1. The van der Waals surface area contributed by atoms with Crippen LogP contribution in [0.4, 0.5) is 19.0 Å². The summed E-state index contributed by atoms with van der Waals surface area (Å²) in [4.78, 5) is 10.9. The summed E-state index contributed by atoms with van der Waals surface area (Å²) in [5.41, 5.74) is 1.18. The Bertz CT molecular complexity index is 737. The number of benzene rings is 1. The van der Waals surface area contributed by atoms with E-state index in [4.69, 9.17) is 0 Å². The fraction of sp³-hybridized carbons (Fsp3) is 0.333. The molecule has 1 aromatic carbocycles. The summed E-state index contributed by atoms with van der Waals surface area (Å²) in [6, 6.07) is 5.74. The molecule has 3 rings (SSSR count). The molecule has 2 atom stereocenters. The third-order valence-electron chi connectivity index (χ3n) is 3.88. The number of hydrogen-bond donors (Lipinski definition) is 1. The van der Waals surface area contributed by atoms with Crippen molar-refractivity contribution in [2.24, 2.45) is 0 Å². The topological polar surface area (TPSA) is 70.0 Å². The summed E-state index contributed by atoms with van der Waals surface area (Å²) < 4.78 is 40.7. The first-order valence-electron chi connectivity index (χ1n) is 6.96. The number of halogens is 3. The van der Waals surface area contributed by atoms with Crippen LogP contribution in [0.2, 0.25) is 0 Å². The molecular weight excluding hydrogens is 311 g/mol. The number of hydrogen-bond acceptors (Lipinski definition) is 4. The van der Waals surface area contributed by atoms with Gasteiger partial charge in [0.25, 0.3) is 0 Å². The lowest BCUT2D eigenvalue weighted by Crippen LogP contribution is -2.35. The third kappa shape index (κ3) is 2.88. The van der Waals surface area contributed by atoms with Crippen LogP contribution < -0.4 is 10.4 Å². The molecule has 1 aliphatic rings. The zero-order valence-corrected chi connectivity index (χ0v) is 12.1. The van der Waals surface area contributed by atoms with Gasteiger partial charge in [-0.2, -0.15) is 18.3 Å². The van der Waals surface area contributed by atoms with Crippen molar-refractivity contribution in [1.29, 1.82) is 0 Å². The molecule has 1 aromatic heterocycles. The van der Waals surface area contributed by atoms with Gasteiger partial charge in [-0.15, -0.1) is 0 Å². The number of nitrogens with zero attached hydrogens (tertiary/aromatic N) is 2. The van der Waals surface area contributed by atoms with E-state index in [1.54, 1.807) is 12.1 Å². The van der Waals surface area contributed by atoms with Gasteiger partial charge in [-0.25, -0.2) is 4.68 Å². The molecule has 122 valence electrons. The zero-order chi connectivity index (χ0) is 16.8. The van der Waals surface area contributed by atoms with Crippen molar-refractivity contribution in [2.75, 3.05) is 5.32 Å². The summed E-state index contributed by atoms with van der Waals surface area (Å²) in [5.74, 6) is -1.59. The molecule has 1 aliphatic heterocycles. The van der Waals surface area contributed by atoms with Gasteiger partial charge >= 0.3 is 6.18 Å². The molecule has 1 N–H and O–H groups in total. The van der Waals surface area contributed by atoms with Gasteiger partial charge in [0.2, 0.25) is 0 Å². The Balaban J connectivity index is 2.01. The Kier molecular flexibility index (Phi) is 3.54. The van der Waals surface area contributed by atoms with Gasteiger partial charge in [0.15, 0.2) is 6.04 Å². The number of fused-ring (bicyclic) bond motifs is 1. The SMILES string of the molecule is Cc1ccc(C2CC(C(F)(F)F)n3nc(C(=O)[O-])cc3N2)cc1. The fourth-order valence-corrected chi connectivity index (χ4v) is 2.69. The second kappa shape index (κ2) is 5.29. The second-order valence-electron chi connectivity index (χ2n) is 5.55. The predicted molar refractivity (Wildman–Crippen MR) is 73.8 cm³/mol. The van der Waals surface area contributed by atoms with Crippen LogP contribution in [0.15, 0.2) is 30.3 Å². The molecule has 0 fully saturated rings. The Morgan fingerprint density at radius 1 is 1.35 bits per heavy atom. The maximum absolute atomic E-state index is 13.3. The van der Waals surface area contributed by atoms with E-state index in [2.05, 4.69) is 10.4 Å². The third-order valence-corrected chi connectivity index (χ3v) is 3.88. The van der Waals surface area contributed by atoms with Crippen molar-refractivity contribution in [3.8, 4) is 0 Å². The van der Waals surface area contributed by atoms with Crippen molar-refractivity contribution in [3.05, 3.63) is 47.2 Å². The monoisotopic (exact) mass is 324 g/mol. The van der Waals surface area contributed by atoms with Gasteiger partial charge in [0.05, 0.1) is 12.0 Å². The van der Waals surface area contributed by atoms with Crippen LogP contribution in [0, 0.1) is 6.92 Å². The van der Waals surface area contributed by atoms with Crippen molar-refractivity contribution in [2.45, 2.75) is 31.6 Å². The number of anilines is 1. The van der Waals surface area contributed by atoms with Gasteiger partial charge in [-0.3, -0.25) is 0 Å². The molecule has 23 heavy (non-hydrogen) atoms. The molecule has 8 heteroatoms. The van der Waals surface area contributed by atoms with E-state index in [1.807, 2.05) is 19.1 Å². The van der Waals surface area contributed by atoms with Crippen LogP contribution in [0.25, 0.3) is 0 Å². The van der Waals surface area contributed by atoms with E-state index in [9.17, 15) is 23.1 Å². The van der Waals surface area contributed by atoms with Crippen LogP contribution in [0.1, 0.15) is 40.1 Å². The quantitative estimate of drug-likeness (QED) is 0.919. The van der Waals surface area contributed by atoms with E-state index in [1.165, 1.54) is 0 Å². The number of carboxylic acid groups (broad SMARTS) is 1. The lowest BCUT2D eigenvalue weighted by Gasteiger charge is -2.33. The molecule has 0 amide bonds. The Hall–Kier alpha value is -2.51. The molecule has 0 saturated heterocycles. The molecule has 2 aromatic rings. The van der Waals surface area contributed by atoms with E-state index < -0.39 is 29.9 Å². The lowest BCUT2D eigenvalue weighted by molar-refractivity contribution is -0.255. The predicted octanol–water partition coefficient (Wildman–Crippen LogP) is 2.22. The van der Waals surface area contributed by atoms with E-state index in [0.717, 1.165) is 11.6 Å². The fourth-order valence-electron chi connectivity index (χ4n) is 2.69. The Labute approximate surface area is 129 Å². The van der Waals surface area contributed by atoms with Gasteiger partial charge in [0, 0.05) is 12.5 Å². The van der Waals surface area contributed by atoms with Crippen LogP contribution in [0.3, 0.4) is 0 Å². The highest BCUT2D eigenvalue weighted by molar-refractivity contribution is 5.84. The normalized spacial score (nSPS) is 20.7. The standard InChI is InChI=1S/C15H14F3N3O2/c1-8-2-4-9(5-3-8)10-6-12(15(16,17)18)21-13(19-10)7-11(20-21)14(22)23/h2-5,7,10,12,19H,6H2,1H3,(H,22,23)/p-1. The highest BCUT2D eigenvalue weighted by Gasteiger charge is 2.46. The molecule has 2 unspecified atom stereocenters. The van der Waals surface area contributed by atoms with Crippen molar-refractivity contribution >= 4 is 11.8 Å². The largest absolute Gasteiger partial charge is 0.543 e. The Morgan fingerprint density at radius 3 is 2.57 bits per heavy atom. The maximum atomic E-state index is 13.3. The van der Waals surface area contributed by atoms with E-state index in [0.29, 0.717) is 10.2 Å². The smallest absolute Gasteiger partial charge is 0.410 e. The number of carbonyl (C=O) groups excluding carboxylic acids is 1. The maximum Gasteiger partial charge on any atom is 0.410 e. The number of alkyl halides is 3. The summed E-state index contributed by atoms with van der Waals surface area (Å²) in [6.07, 6.45) is -4.80. The van der Waals surface area contributed by atoms with Crippen molar-refractivity contribution in [1.82, 2.24) is 9.78 Å². The molecule has 2 heterocycles. The van der Waals surface area contributed by atoms with Crippen molar-refractivity contribution in [3.63, 3.8) is 0 Å². The zero-order valence-electron chi connectivity index (χ0n) is 12.1. The number of aryl methyl sites for hydroxylation is 1. The van der Waals surface area contributed by atoms with Crippen LogP contribution in [-0.2, 0) is 0 Å². The van der Waals surface area contributed by atoms with Crippen LogP contribution in [-0.4, -0.2) is 21.9 Å². The van der Waals surface area contributed by atoms with Crippen LogP contribution in [0.5, 0.6) is 0 Å². The highest BCUT2D eigenvalue weighted by atomic mass is 19.4. The summed E-state index contributed by atoms with van der Waals surface area (Å²) in [6.45, 7) is 1.89. The van der Waals surface area contributed by atoms with Gasteiger partial charge in [-0.05, 0) is 12.5 Å². The van der Waals surface area contributed by atoms with Gasteiger partial charge in [0.1, 0.15) is 11.5 Å². The highest BCUT2D eigenvalue weighted by Crippen LogP contribution is 2.43. The lowest BCUT2D eigenvalue weighted by atomic mass is 9.96. The van der Waals surface area contributed by atoms with Gasteiger partial charge < -0.3 is 15.2 Å². The first-order chi connectivity index (χ1) is 10.8. The van der Waals surface area contributed by atoms with Crippen LogP contribution >= 0.6 is 0 Å².